The average Bonchev–Trinajstić information content (AvgIpc) is 3.23. The van der Waals surface area contributed by atoms with Crippen LogP contribution in [-0.2, 0) is 9.53 Å². The number of carbonyl (C=O) groups is 1. The van der Waals surface area contributed by atoms with Crippen molar-refractivity contribution in [2.75, 3.05) is 11.5 Å². The zero-order valence-corrected chi connectivity index (χ0v) is 13.5. The van der Waals surface area contributed by atoms with E-state index >= 15 is 0 Å². The average molecular weight is 336 g/mol. The third kappa shape index (κ3) is 2.79. The second-order valence-corrected chi connectivity index (χ2v) is 5.89. The van der Waals surface area contributed by atoms with Gasteiger partial charge in [-0.1, -0.05) is 47.5 Å². The summed E-state index contributed by atoms with van der Waals surface area (Å²) >= 11 is 12.3. The highest BCUT2D eigenvalue weighted by atomic mass is 35.5. The van der Waals surface area contributed by atoms with E-state index in [-0.39, 0.29) is 18.1 Å². The van der Waals surface area contributed by atoms with Crippen molar-refractivity contribution in [3.05, 3.63) is 64.1 Å². The lowest BCUT2D eigenvalue weighted by atomic mass is 10.1. The van der Waals surface area contributed by atoms with Crippen LogP contribution < -0.4 is 4.90 Å². The lowest BCUT2D eigenvalue weighted by Gasteiger charge is -2.07. The maximum atomic E-state index is 12.2. The maximum Gasteiger partial charge on any atom is 0.331 e. The molecule has 0 saturated carbocycles. The van der Waals surface area contributed by atoms with E-state index < -0.39 is 0 Å². The predicted octanol–water partition coefficient (Wildman–Crippen LogP) is 4.49. The second kappa shape index (κ2) is 6.19. The molecule has 0 unspecified atom stereocenters. The minimum atomic E-state index is -0.346. The highest BCUT2D eigenvalue weighted by Gasteiger charge is 2.55. The molecule has 2 aromatic carbocycles. The van der Waals surface area contributed by atoms with Gasteiger partial charge in [0.05, 0.1) is 12.6 Å². The van der Waals surface area contributed by atoms with E-state index in [0.29, 0.717) is 16.7 Å². The topological polar surface area (TPSA) is 29.3 Å². The summed E-state index contributed by atoms with van der Waals surface area (Å²) < 4.78 is 5.18. The van der Waals surface area contributed by atoms with Crippen LogP contribution in [-0.4, -0.2) is 18.6 Å². The number of para-hydroxylation sites is 1. The van der Waals surface area contributed by atoms with Crippen molar-refractivity contribution >= 4 is 34.9 Å². The number of hydrogen-bond donors (Lipinski definition) is 0. The third-order valence-corrected chi connectivity index (χ3v) is 4.23. The van der Waals surface area contributed by atoms with Crippen LogP contribution in [0.1, 0.15) is 18.5 Å². The molecule has 0 N–H and O–H groups in total. The number of esters is 1. The first kappa shape index (κ1) is 15.2. The number of carbonyl (C=O) groups excluding carboxylic acids is 1. The van der Waals surface area contributed by atoms with Crippen molar-refractivity contribution in [2.45, 2.75) is 19.0 Å². The smallest absolute Gasteiger partial charge is 0.331 e. The lowest BCUT2D eigenvalue weighted by Crippen LogP contribution is -2.15. The molecule has 1 heterocycles. The summed E-state index contributed by atoms with van der Waals surface area (Å²) in [6, 6.07) is 14.6. The highest BCUT2D eigenvalue weighted by Crippen LogP contribution is 2.49. The van der Waals surface area contributed by atoms with Gasteiger partial charge in [0.1, 0.15) is 0 Å². The third-order valence-electron chi connectivity index (χ3n) is 3.67. The minimum absolute atomic E-state index is 0.119. The van der Waals surface area contributed by atoms with Crippen LogP contribution in [0.15, 0.2) is 48.5 Å². The minimum Gasteiger partial charge on any atom is -0.464 e. The predicted molar refractivity (Wildman–Crippen MR) is 88.5 cm³/mol. The van der Waals surface area contributed by atoms with Gasteiger partial charge in [-0.15, -0.1) is 0 Å². The molecule has 1 saturated heterocycles. The van der Waals surface area contributed by atoms with E-state index in [1.54, 1.807) is 19.1 Å². The van der Waals surface area contributed by atoms with Crippen LogP contribution in [0.2, 0.25) is 10.0 Å². The molecule has 2 aromatic rings. The normalized spacial score (nSPS) is 19.9. The van der Waals surface area contributed by atoms with Crippen molar-refractivity contribution in [3.63, 3.8) is 0 Å². The first-order chi connectivity index (χ1) is 10.6. The molecule has 114 valence electrons. The molecular weight excluding hydrogens is 321 g/mol. The Hall–Kier alpha value is -1.71. The van der Waals surface area contributed by atoms with E-state index in [0.717, 1.165) is 11.3 Å². The fourth-order valence-electron chi connectivity index (χ4n) is 2.68. The second-order valence-electron chi connectivity index (χ2n) is 5.05. The maximum absolute atomic E-state index is 12.2. The highest BCUT2D eigenvalue weighted by molar-refractivity contribution is 6.35. The van der Waals surface area contributed by atoms with Gasteiger partial charge in [0.2, 0.25) is 0 Å². The Balaban J connectivity index is 1.95. The Morgan fingerprint density at radius 3 is 2.55 bits per heavy atom. The lowest BCUT2D eigenvalue weighted by molar-refractivity contribution is -0.142. The molecule has 0 spiro atoms. The van der Waals surface area contributed by atoms with Gasteiger partial charge in [-0.3, -0.25) is 0 Å². The Labute approximate surface area is 139 Å². The Morgan fingerprint density at radius 2 is 1.91 bits per heavy atom. The first-order valence-corrected chi connectivity index (χ1v) is 7.84. The number of ether oxygens (including phenoxy) is 1. The monoisotopic (exact) mass is 335 g/mol. The molecule has 0 amide bonds. The molecule has 1 aliphatic rings. The molecule has 22 heavy (non-hydrogen) atoms. The molecule has 1 fully saturated rings. The van der Waals surface area contributed by atoms with Crippen molar-refractivity contribution in [2.24, 2.45) is 0 Å². The Morgan fingerprint density at radius 1 is 1.18 bits per heavy atom. The first-order valence-electron chi connectivity index (χ1n) is 7.08. The number of hydrogen-bond acceptors (Lipinski definition) is 3. The van der Waals surface area contributed by atoms with Gasteiger partial charge in [-0.25, -0.2) is 4.79 Å². The Kier molecular flexibility index (Phi) is 4.27. The van der Waals surface area contributed by atoms with E-state index in [2.05, 4.69) is 0 Å². The van der Waals surface area contributed by atoms with Crippen LogP contribution in [0.3, 0.4) is 0 Å². The molecule has 0 aliphatic carbocycles. The molecule has 0 aromatic heterocycles. The van der Waals surface area contributed by atoms with Crippen LogP contribution in [0.25, 0.3) is 0 Å². The zero-order chi connectivity index (χ0) is 15.7. The molecule has 2 atom stereocenters. The molecular formula is C17H15Cl2NO2. The van der Waals surface area contributed by atoms with Gasteiger partial charge in [0.25, 0.3) is 0 Å². The standard InChI is InChI=1S/C17H15Cl2NO2/c1-2-22-17(21)16-15(13-9-8-11(18)10-14(13)19)20(16)12-6-4-3-5-7-12/h3-10,15-16H,2H2,1H3/t15-,16+,20?/m1/s1. The SMILES string of the molecule is CCOC(=O)[C@@H]1[C@@H](c2ccc(Cl)cc2Cl)N1c1ccccc1. The molecule has 3 rings (SSSR count). The summed E-state index contributed by atoms with van der Waals surface area (Å²) in [6.07, 6.45) is 0. The summed E-state index contributed by atoms with van der Waals surface area (Å²) in [5.74, 6) is -0.234. The Bertz CT molecular complexity index is 690. The molecule has 5 heteroatoms. The number of anilines is 1. The van der Waals surface area contributed by atoms with Gasteiger partial charge in [0, 0.05) is 15.7 Å². The molecule has 0 bridgehead atoms. The van der Waals surface area contributed by atoms with Gasteiger partial charge < -0.3 is 9.64 Å². The van der Waals surface area contributed by atoms with Crippen molar-refractivity contribution in [1.29, 1.82) is 0 Å². The van der Waals surface area contributed by atoms with Crippen molar-refractivity contribution in [1.82, 2.24) is 0 Å². The fourth-order valence-corrected chi connectivity index (χ4v) is 3.20. The van der Waals surface area contributed by atoms with Gasteiger partial charge >= 0.3 is 5.97 Å². The van der Waals surface area contributed by atoms with Crippen molar-refractivity contribution in [3.8, 4) is 0 Å². The quantitative estimate of drug-likeness (QED) is 0.609. The fraction of sp³-hybridized carbons (Fsp3) is 0.235. The van der Waals surface area contributed by atoms with Gasteiger partial charge in [-0.05, 0) is 36.8 Å². The van der Waals surface area contributed by atoms with Crippen LogP contribution in [0, 0.1) is 0 Å². The molecule has 0 radical (unpaired) electrons. The number of benzene rings is 2. The number of rotatable bonds is 4. The summed E-state index contributed by atoms with van der Waals surface area (Å²) in [6.45, 7) is 2.16. The van der Waals surface area contributed by atoms with E-state index in [1.807, 2.05) is 41.3 Å². The van der Waals surface area contributed by atoms with E-state index in [4.69, 9.17) is 27.9 Å². The van der Waals surface area contributed by atoms with E-state index in [1.165, 1.54) is 0 Å². The van der Waals surface area contributed by atoms with Crippen LogP contribution in [0.4, 0.5) is 5.69 Å². The summed E-state index contributed by atoms with van der Waals surface area (Å²) in [7, 11) is 0. The van der Waals surface area contributed by atoms with E-state index in [9.17, 15) is 4.79 Å². The van der Waals surface area contributed by atoms with Crippen molar-refractivity contribution < 1.29 is 9.53 Å². The molecule has 3 nitrogen and oxygen atoms in total. The summed E-state index contributed by atoms with van der Waals surface area (Å²) in [4.78, 5) is 14.2. The molecule has 1 aliphatic heterocycles. The number of nitrogens with zero attached hydrogens (tertiary/aromatic N) is 1. The summed E-state index contributed by atoms with van der Waals surface area (Å²) in [5, 5.41) is 1.14. The van der Waals surface area contributed by atoms with Crippen LogP contribution >= 0.6 is 23.2 Å². The van der Waals surface area contributed by atoms with Crippen LogP contribution in [0.5, 0.6) is 0 Å². The largest absolute Gasteiger partial charge is 0.464 e. The number of halogens is 2. The zero-order valence-electron chi connectivity index (χ0n) is 12.0. The van der Waals surface area contributed by atoms with Gasteiger partial charge in [-0.2, -0.15) is 0 Å². The summed E-state index contributed by atoms with van der Waals surface area (Å²) in [5.41, 5.74) is 1.85. The van der Waals surface area contributed by atoms with Gasteiger partial charge in [0.15, 0.2) is 6.04 Å².